The number of fused-ring (bicyclic) bond motifs is 1. The summed E-state index contributed by atoms with van der Waals surface area (Å²) in [4.78, 5) is 15.8. The van der Waals surface area contributed by atoms with Crippen molar-refractivity contribution in [2.45, 2.75) is 38.4 Å². The summed E-state index contributed by atoms with van der Waals surface area (Å²) in [6.07, 6.45) is 4.83. The Kier molecular flexibility index (Phi) is 5.37. The van der Waals surface area contributed by atoms with Crippen LogP contribution in [-0.2, 0) is 13.1 Å². The number of likely N-dealkylation sites (tertiary alicyclic amines) is 1. The van der Waals surface area contributed by atoms with Crippen molar-refractivity contribution in [2.75, 3.05) is 13.2 Å². The van der Waals surface area contributed by atoms with E-state index in [-0.39, 0.29) is 11.9 Å². The van der Waals surface area contributed by atoms with Crippen molar-refractivity contribution >= 4 is 5.91 Å². The van der Waals surface area contributed by atoms with E-state index in [1.54, 1.807) is 0 Å². The second-order valence-electron chi connectivity index (χ2n) is 8.90. The summed E-state index contributed by atoms with van der Waals surface area (Å²) in [6.45, 7) is 2.81. The lowest BCUT2D eigenvalue weighted by atomic mass is 10.0. The van der Waals surface area contributed by atoms with E-state index in [4.69, 9.17) is 14.9 Å². The standard InChI is InChI=1S/C27H27N5O2/c33-26(25-24(21-11-5-2-6-12-21)27-32(29-25)16-8-18-34-27)31-15-7-13-22(31)19-30-17-14-23(28-30)20-9-3-1-4-10-20/h1-6,9-12,14,17,22H,7-8,13,15-16,18-19H2/t22-/m0/s1. The van der Waals surface area contributed by atoms with Crippen LogP contribution in [0.1, 0.15) is 29.8 Å². The van der Waals surface area contributed by atoms with Crippen molar-refractivity contribution in [3.8, 4) is 28.3 Å². The average molecular weight is 454 g/mol. The van der Waals surface area contributed by atoms with Gasteiger partial charge in [-0.05, 0) is 24.5 Å². The molecule has 7 heteroatoms. The molecule has 7 nitrogen and oxygen atoms in total. The van der Waals surface area contributed by atoms with Gasteiger partial charge in [-0.1, -0.05) is 60.7 Å². The molecule has 0 unspecified atom stereocenters. The molecule has 4 heterocycles. The van der Waals surface area contributed by atoms with Gasteiger partial charge >= 0.3 is 0 Å². The number of aryl methyl sites for hydroxylation is 1. The van der Waals surface area contributed by atoms with Gasteiger partial charge in [-0.2, -0.15) is 10.2 Å². The number of carbonyl (C=O) groups excluding carboxylic acids is 1. The molecule has 1 fully saturated rings. The maximum absolute atomic E-state index is 13.9. The van der Waals surface area contributed by atoms with E-state index >= 15 is 0 Å². The number of benzene rings is 2. The van der Waals surface area contributed by atoms with Gasteiger partial charge in [-0.3, -0.25) is 9.48 Å². The summed E-state index contributed by atoms with van der Waals surface area (Å²) in [5.41, 5.74) is 4.30. The first-order valence-corrected chi connectivity index (χ1v) is 12.0. The third-order valence-electron chi connectivity index (χ3n) is 6.67. The van der Waals surface area contributed by atoms with Crippen LogP contribution < -0.4 is 4.74 Å². The second kappa shape index (κ2) is 8.82. The molecule has 172 valence electrons. The smallest absolute Gasteiger partial charge is 0.275 e. The molecule has 1 amide bonds. The highest BCUT2D eigenvalue weighted by Crippen LogP contribution is 2.37. The number of hydrogen-bond donors (Lipinski definition) is 0. The lowest BCUT2D eigenvalue weighted by Gasteiger charge is -2.24. The molecule has 0 radical (unpaired) electrons. The molecule has 1 saturated heterocycles. The maximum atomic E-state index is 13.9. The Hall–Kier alpha value is -3.87. The first-order chi connectivity index (χ1) is 16.8. The molecular weight excluding hydrogens is 426 g/mol. The molecule has 0 saturated carbocycles. The van der Waals surface area contributed by atoms with E-state index < -0.39 is 0 Å². The van der Waals surface area contributed by atoms with E-state index in [0.29, 0.717) is 24.7 Å². The quantitative estimate of drug-likeness (QED) is 0.446. The largest absolute Gasteiger partial charge is 0.477 e. The van der Waals surface area contributed by atoms with Crippen molar-refractivity contribution in [1.29, 1.82) is 0 Å². The zero-order chi connectivity index (χ0) is 22.9. The van der Waals surface area contributed by atoms with Crippen molar-refractivity contribution in [3.05, 3.63) is 78.6 Å². The summed E-state index contributed by atoms with van der Waals surface area (Å²) in [7, 11) is 0. The summed E-state index contributed by atoms with van der Waals surface area (Å²) < 4.78 is 9.79. The molecule has 2 aromatic heterocycles. The monoisotopic (exact) mass is 453 g/mol. The fourth-order valence-corrected chi connectivity index (χ4v) is 5.01. The summed E-state index contributed by atoms with van der Waals surface area (Å²) in [5.74, 6) is 0.679. The van der Waals surface area contributed by atoms with Crippen molar-refractivity contribution in [1.82, 2.24) is 24.5 Å². The maximum Gasteiger partial charge on any atom is 0.275 e. The van der Waals surface area contributed by atoms with E-state index in [9.17, 15) is 4.79 Å². The minimum Gasteiger partial charge on any atom is -0.477 e. The first kappa shape index (κ1) is 20.7. The van der Waals surface area contributed by atoms with Crippen molar-refractivity contribution in [3.63, 3.8) is 0 Å². The van der Waals surface area contributed by atoms with Crippen molar-refractivity contribution < 1.29 is 9.53 Å². The van der Waals surface area contributed by atoms with Crippen LogP contribution in [0.3, 0.4) is 0 Å². The molecule has 0 N–H and O–H groups in total. The van der Waals surface area contributed by atoms with Gasteiger partial charge in [-0.15, -0.1) is 0 Å². The lowest BCUT2D eigenvalue weighted by molar-refractivity contribution is 0.0715. The van der Waals surface area contributed by atoms with Crippen LogP contribution in [0.4, 0.5) is 0 Å². The predicted molar refractivity (Wildman–Crippen MR) is 129 cm³/mol. The third kappa shape index (κ3) is 3.77. The predicted octanol–water partition coefficient (Wildman–Crippen LogP) is 4.50. The molecule has 0 aliphatic carbocycles. The number of ether oxygens (including phenoxy) is 1. The number of rotatable bonds is 5. The Bertz CT molecular complexity index is 1300. The minimum atomic E-state index is -0.0257. The normalized spacial score (nSPS) is 17.4. The third-order valence-corrected chi connectivity index (χ3v) is 6.67. The molecule has 0 spiro atoms. The summed E-state index contributed by atoms with van der Waals surface area (Å²) >= 11 is 0. The molecular formula is C27H27N5O2. The van der Waals surface area contributed by atoms with E-state index in [1.165, 1.54) is 0 Å². The van der Waals surface area contributed by atoms with E-state index in [0.717, 1.165) is 54.7 Å². The molecule has 2 aliphatic heterocycles. The first-order valence-electron chi connectivity index (χ1n) is 12.0. The molecule has 6 rings (SSSR count). The van der Waals surface area contributed by atoms with Gasteiger partial charge in [0.1, 0.15) is 0 Å². The van der Waals surface area contributed by atoms with Crippen LogP contribution >= 0.6 is 0 Å². The van der Waals surface area contributed by atoms with E-state index in [2.05, 4.69) is 12.1 Å². The average Bonchev–Trinajstić information content (AvgIpc) is 3.63. The van der Waals surface area contributed by atoms with Gasteiger partial charge in [0.25, 0.3) is 5.91 Å². The van der Waals surface area contributed by atoms with Gasteiger partial charge in [0, 0.05) is 31.3 Å². The fraction of sp³-hybridized carbons (Fsp3) is 0.296. The Balaban J connectivity index is 1.28. The highest BCUT2D eigenvalue weighted by Gasteiger charge is 2.35. The van der Waals surface area contributed by atoms with Crippen LogP contribution in [0.25, 0.3) is 22.4 Å². The summed E-state index contributed by atoms with van der Waals surface area (Å²) in [6, 6.07) is 22.3. The zero-order valence-corrected chi connectivity index (χ0v) is 19.0. The van der Waals surface area contributed by atoms with E-state index in [1.807, 2.05) is 75.1 Å². The molecule has 34 heavy (non-hydrogen) atoms. The van der Waals surface area contributed by atoms with Gasteiger partial charge in [0.05, 0.1) is 30.5 Å². The van der Waals surface area contributed by atoms with Crippen LogP contribution in [0.5, 0.6) is 5.88 Å². The highest BCUT2D eigenvalue weighted by molar-refractivity contribution is 6.00. The highest BCUT2D eigenvalue weighted by atomic mass is 16.5. The Labute approximate surface area is 198 Å². The van der Waals surface area contributed by atoms with Gasteiger partial charge in [0.15, 0.2) is 5.69 Å². The number of hydrogen-bond acceptors (Lipinski definition) is 4. The number of amides is 1. The number of aromatic nitrogens is 4. The topological polar surface area (TPSA) is 65.2 Å². The van der Waals surface area contributed by atoms with Crippen molar-refractivity contribution in [2.24, 2.45) is 0 Å². The molecule has 2 aliphatic rings. The van der Waals surface area contributed by atoms with Gasteiger partial charge in [0.2, 0.25) is 5.88 Å². The van der Waals surface area contributed by atoms with Crippen LogP contribution in [0, 0.1) is 0 Å². The van der Waals surface area contributed by atoms with Gasteiger partial charge < -0.3 is 9.64 Å². The van der Waals surface area contributed by atoms with Crippen LogP contribution in [-0.4, -0.2) is 49.6 Å². The Morgan fingerprint density at radius 1 is 0.912 bits per heavy atom. The molecule has 2 aromatic carbocycles. The Morgan fingerprint density at radius 2 is 1.68 bits per heavy atom. The second-order valence-corrected chi connectivity index (χ2v) is 8.90. The van der Waals surface area contributed by atoms with Crippen LogP contribution in [0.15, 0.2) is 72.9 Å². The van der Waals surface area contributed by atoms with Crippen LogP contribution in [0.2, 0.25) is 0 Å². The zero-order valence-electron chi connectivity index (χ0n) is 19.0. The minimum absolute atomic E-state index is 0.0257. The summed E-state index contributed by atoms with van der Waals surface area (Å²) in [5, 5.41) is 9.50. The lowest BCUT2D eigenvalue weighted by Crippen LogP contribution is -2.38. The molecule has 4 aromatic rings. The Morgan fingerprint density at radius 3 is 2.47 bits per heavy atom. The molecule has 0 bridgehead atoms. The van der Waals surface area contributed by atoms with Gasteiger partial charge in [-0.25, -0.2) is 4.68 Å². The molecule has 1 atom stereocenters. The number of nitrogens with zero attached hydrogens (tertiary/aromatic N) is 5. The number of carbonyl (C=O) groups is 1. The SMILES string of the molecule is O=C(c1nn2c(c1-c1ccccc1)OCCC2)N1CCC[C@H]1Cn1ccc(-c2ccccc2)n1. The fourth-order valence-electron chi connectivity index (χ4n) is 5.01.